The van der Waals surface area contributed by atoms with E-state index in [9.17, 15) is 9.59 Å². The van der Waals surface area contributed by atoms with Crippen LogP contribution in [-0.4, -0.2) is 39.3 Å². The number of hydrogen-bond acceptors (Lipinski definition) is 6. The highest BCUT2D eigenvalue weighted by Gasteiger charge is 2.22. The Labute approximate surface area is 151 Å². The van der Waals surface area contributed by atoms with Crippen LogP contribution in [0.25, 0.3) is 0 Å². The third-order valence-electron chi connectivity index (χ3n) is 3.64. The van der Waals surface area contributed by atoms with Crippen molar-refractivity contribution in [2.45, 2.75) is 13.0 Å². The Morgan fingerprint density at radius 1 is 0.885 bits per heavy atom. The van der Waals surface area contributed by atoms with Gasteiger partial charge in [-0.05, 0) is 49.4 Å². The normalized spacial score (nSPS) is 11.2. The second-order valence-corrected chi connectivity index (χ2v) is 5.33. The third-order valence-corrected chi connectivity index (χ3v) is 3.64. The van der Waals surface area contributed by atoms with Gasteiger partial charge < -0.3 is 24.3 Å². The minimum Gasteiger partial charge on any atom is -0.497 e. The fourth-order valence-electron chi connectivity index (χ4n) is 2.17. The number of esters is 1. The van der Waals surface area contributed by atoms with Crippen molar-refractivity contribution < 1.29 is 28.5 Å². The number of amides is 1. The quantitative estimate of drug-likeness (QED) is 0.766. The second-order valence-electron chi connectivity index (χ2n) is 5.33. The Kier molecular flexibility index (Phi) is 6.43. The van der Waals surface area contributed by atoms with Gasteiger partial charge in [0, 0.05) is 5.69 Å². The fourth-order valence-corrected chi connectivity index (χ4v) is 2.17. The number of ether oxygens (including phenoxy) is 4. The van der Waals surface area contributed by atoms with E-state index < -0.39 is 18.0 Å². The van der Waals surface area contributed by atoms with Crippen LogP contribution in [0.15, 0.2) is 42.5 Å². The first-order valence-electron chi connectivity index (χ1n) is 7.86. The number of methoxy groups -OCH3 is 3. The average Bonchev–Trinajstić information content (AvgIpc) is 2.67. The monoisotopic (exact) mass is 359 g/mol. The van der Waals surface area contributed by atoms with Gasteiger partial charge in [-0.2, -0.15) is 0 Å². The lowest BCUT2D eigenvalue weighted by atomic mass is 10.2. The molecule has 1 unspecified atom stereocenters. The lowest BCUT2D eigenvalue weighted by Crippen LogP contribution is -2.30. The second kappa shape index (κ2) is 8.75. The molecule has 138 valence electrons. The van der Waals surface area contributed by atoms with Gasteiger partial charge in [0.25, 0.3) is 5.91 Å². The molecule has 0 aliphatic rings. The zero-order valence-electron chi connectivity index (χ0n) is 15.1. The van der Waals surface area contributed by atoms with Gasteiger partial charge in [0.15, 0.2) is 6.10 Å². The van der Waals surface area contributed by atoms with Crippen molar-refractivity contribution in [3.63, 3.8) is 0 Å². The molecule has 2 aromatic rings. The number of hydrogen-bond donors (Lipinski definition) is 1. The number of nitrogens with one attached hydrogen (secondary N) is 1. The molecule has 0 bridgehead atoms. The predicted molar refractivity (Wildman–Crippen MR) is 96.0 cm³/mol. The van der Waals surface area contributed by atoms with E-state index >= 15 is 0 Å². The van der Waals surface area contributed by atoms with Crippen molar-refractivity contribution in [2.24, 2.45) is 0 Å². The highest BCUT2D eigenvalue weighted by atomic mass is 16.5. The number of rotatable bonds is 7. The van der Waals surface area contributed by atoms with Crippen LogP contribution in [0.3, 0.4) is 0 Å². The van der Waals surface area contributed by atoms with Crippen molar-refractivity contribution in [1.82, 2.24) is 0 Å². The summed E-state index contributed by atoms with van der Waals surface area (Å²) in [7, 11) is 4.49. The molecule has 0 radical (unpaired) electrons. The van der Waals surface area contributed by atoms with E-state index in [1.807, 2.05) is 0 Å². The fraction of sp³-hybridized carbons (Fsp3) is 0.263. The summed E-state index contributed by atoms with van der Waals surface area (Å²) in [5.74, 6) is 0.350. The summed E-state index contributed by atoms with van der Waals surface area (Å²) in [6.45, 7) is 1.49. The molecule has 0 spiro atoms. The molecule has 0 saturated carbocycles. The SMILES string of the molecule is COc1ccc(NC(=O)C(C)OC(=O)c2cc(OC)ccc2OC)cc1. The van der Waals surface area contributed by atoms with Gasteiger partial charge >= 0.3 is 5.97 Å². The van der Waals surface area contributed by atoms with Crippen LogP contribution in [-0.2, 0) is 9.53 Å². The molecule has 0 fully saturated rings. The van der Waals surface area contributed by atoms with E-state index in [-0.39, 0.29) is 5.56 Å². The summed E-state index contributed by atoms with van der Waals surface area (Å²) in [5, 5.41) is 2.67. The number of benzene rings is 2. The summed E-state index contributed by atoms with van der Waals surface area (Å²) in [6.07, 6.45) is -1.000. The molecule has 0 saturated heterocycles. The Morgan fingerprint density at radius 2 is 1.50 bits per heavy atom. The summed E-state index contributed by atoms with van der Waals surface area (Å²) in [6, 6.07) is 11.6. The first-order chi connectivity index (χ1) is 12.5. The highest BCUT2D eigenvalue weighted by Crippen LogP contribution is 2.25. The lowest BCUT2D eigenvalue weighted by molar-refractivity contribution is -0.123. The van der Waals surface area contributed by atoms with E-state index in [0.717, 1.165) is 0 Å². The minimum absolute atomic E-state index is 0.177. The summed E-state index contributed by atoms with van der Waals surface area (Å²) in [4.78, 5) is 24.6. The van der Waals surface area contributed by atoms with Crippen LogP contribution in [0, 0.1) is 0 Å². The maximum absolute atomic E-state index is 12.4. The zero-order valence-corrected chi connectivity index (χ0v) is 15.1. The molecule has 1 atom stereocenters. The molecule has 1 N–H and O–H groups in total. The average molecular weight is 359 g/mol. The summed E-state index contributed by atoms with van der Waals surface area (Å²) in [5.41, 5.74) is 0.744. The maximum Gasteiger partial charge on any atom is 0.342 e. The van der Waals surface area contributed by atoms with Crippen LogP contribution in [0.2, 0.25) is 0 Å². The van der Waals surface area contributed by atoms with E-state index in [0.29, 0.717) is 22.9 Å². The molecule has 2 rings (SSSR count). The standard InChI is InChI=1S/C19H21NO6/c1-12(18(21)20-13-5-7-14(23-2)8-6-13)26-19(22)16-11-15(24-3)9-10-17(16)25-4/h5-12H,1-4H3,(H,20,21). The molecule has 0 heterocycles. The third kappa shape index (κ3) is 4.66. The van der Waals surface area contributed by atoms with Gasteiger partial charge in [0.05, 0.1) is 21.3 Å². The topological polar surface area (TPSA) is 83.1 Å². The van der Waals surface area contributed by atoms with Crippen LogP contribution >= 0.6 is 0 Å². The van der Waals surface area contributed by atoms with Gasteiger partial charge in [0.2, 0.25) is 0 Å². The molecule has 1 amide bonds. The highest BCUT2D eigenvalue weighted by molar-refractivity contribution is 5.98. The van der Waals surface area contributed by atoms with Gasteiger partial charge in [0.1, 0.15) is 22.8 Å². The Morgan fingerprint density at radius 3 is 2.08 bits per heavy atom. The smallest absolute Gasteiger partial charge is 0.342 e. The van der Waals surface area contributed by atoms with Gasteiger partial charge in [-0.3, -0.25) is 4.79 Å². The molecule has 0 aliphatic heterocycles. The molecule has 7 heteroatoms. The first kappa shape index (κ1) is 19.1. The minimum atomic E-state index is -1.000. The Hall–Kier alpha value is -3.22. The largest absolute Gasteiger partial charge is 0.497 e. The van der Waals surface area contributed by atoms with Crippen molar-refractivity contribution in [2.75, 3.05) is 26.6 Å². The van der Waals surface area contributed by atoms with Crippen LogP contribution < -0.4 is 19.5 Å². The molecule has 2 aromatic carbocycles. The summed E-state index contributed by atoms with van der Waals surface area (Å²) >= 11 is 0. The Balaban J connectivity index is 2.04. The molecule has 0 aliphatic carbocycles. The van der Waals surface area contributed by atoms with Crippen molar-refractivity contribution in [3.05, 3.63) is 48.0 Å². The van der Waals surface area contributed by atoms with E-state index in [1.165, 1.54) is 27.2 Å². The van der Waals surface area contributed by atoms with Crippen LogP contribution in [0.5, 0.6) is 17.2 Å². The van der Waals surface area contributed by atoms with Gasteiger partial charge in [-0.1, -0.05) is 0 Å². The van der Waals surface area contributed by atoms with Crippen molar-refractivity contribution in [3.8, 4) is 17.2 Å². The predicted octanol–water partition coefficient (Wildman–Crippen LogP) is 2.90. The van der Waals surface area contributed by atoms with Crippen molar-refractivity contribution >= 4 is 17.6 Å². The molecular formula is C19H21NO6. The lowest BCUT2D eigenvalue weighted by Gasteiger charge is -2.15. The molecular weight excluding hydrogens is 338 g/mol. The number of anilines is 1. The van der Waals surface area contributed by atoms with Crippen LogP contribution in [0.4, 0.5) is 5.69 Å². The zero-order chi connectivity index (χ0) is 19.1. The summed E-state index contributed by atoms with van der Waals surface area (Å²) < 4.78 is 20.6. The Bertz CT molecular complexity index is 772. The van der Waals surface area contributed by atoms with Gasteiger partial charge in [-0.15, -0.1) is 0 Å². The molecule has 7 nitrogen and oxygen atoms in total. The molecule has 26 heavy (non-hydrogen) atoms. The van der Waals surface area contributed by atoms with E-state index in [1.54, 1.807) is 43.5 Å². The van der Waals surface area contributed by atoms with Crippen LogP contribution in [0.1, 0.15) is 17.3 Å². The maximum atomic E-state index is 12.4. The number of carbonyl (C=O) groups excluding carboxylic acids is 2. The number of carbonyl (C=O) groups is 2. The van der Waals surface area contributed by atoms with E-state index in [2.05, 4.69) is 5.32 Å². The molecule has 0 aromatic heterocycles. The van der Waals surface area contributed by atoms with E-state index in [4.69, 9.17) is 18.9 Å². The van der Waals surface area contributed by atoms with Crippen molar-refractivity contribution in [1.29, 1.82) is 0 Å². The van der Waals surface area contributed by atoms with Gasteiger partial charge in [-0.25, -0.2) is 4.79 Å². The first-order valence-corrected chi connectivity index (χ1v) is 7.86.